The Hall–Kier alpha value is -9.83. The van der Waals surface area contributed by atoms with E-state index >= 15 is 0 Å². The van der Waals surface area contributed by atoms with Gasteiger partial charge in [0.1, 0.15) is 19.2 Å². The molecule has 0 fully saturated rings. The van der Waals surface area contributed by atoms with E-state index < -0.39 is 17.9 Å². The van der Waals surface area contributed by atoms with Crippen LogP contribution >= 0.6 is 11.3 Å². The van der Waals surface area contributed by atoms with Crippen molar-refractivity contribution in [3.63, 3.8) is 0 Å². The summed E-state index contributed by atoms with van der Waals surface area (Å²) in [5, 5.41) is 16.5. The van der Waals surface area contributed by atoms with E-state index in [0.717, 1.165) is 22.3 Å². The lowest BCUT2D eigenvalue weighted by atomic mass is 10.0. The number of fused-ring (bicyclic) bond motifs is 15. The highest BCUT2D eigenvalue weighted by Crippen LogP contribution is 2.43. The summed E-state index contributed by atoms with van der Waals surface area (Å²) in [7, 11) is -0.388. The summed E-state index contributed by atoms with van der Waals surface area (Å²) in [5.41, 5.74) is 11.7. The second kappa shape index (κ2) is 89.7. The lowest BCUT2D eigenvalue weighted by Gasteiger charge is -2.18. The fourth-order valence-electron chi connectivity index (χ4n) is 12.9. The molecule has 6 heterocycles. The zero-order chi connectivity index (χ0) is 103. The number of benzene rings is 13. The minimum Gasteiger partial charge on any atom is -0.456 e. The molecule has 5 nitrogen and oxygen atoms in total. The van der Waals surface area contributed by atoms with E-state index in [1.54, 1.807) is 34.6 Å². The number of para-hydroxylation sites is 4. The third-order valence-electron chi connectivity index (χ3n) is 17.1. The van der Waals surface area contributed by atoms with Gasteiger partial charge in [0.2, 0.25) is 9.84 Å². The van der Waals surface area contributed by atoms with Gasteiger partial charge in [0.05, 0.1) is 9.79 Å². The number of thiophene rings is 1. The van der Waals surface area contributed by atoms with Crippen LogP contribution in [0.4, 0.5) is 0 Å². The number of aromatic nitrogens is 2. The first-order chi connectivity index (χ1) is 64.1. The maximum Gasteiger partial charge on any atom is 0.207 e. The van der Waals surface area contributed by atoms with Gasteiger partial charge in [-0.3, -0.25) is 0 Å². The smallest absolute Gasteiger partial charge is 0.207 e. The van der Waals surface area contributed by atoms with Gasteiger partial charge in [0.15, 0.2) is 0 Å². The van der Waals surface area contributed by atoms with Crippen molar-refractivity contribution >= 4 is 136 Å². The third-order valence-corrected chi connectivity index (χ3v) is 23.7. The molecule has 0 amide bonds. The monoisotopic (exact) mass is 1830 g/mol. The first-order valence-corrected chi connectivity index (χ1v) is 56.3. The van der Waals surface area contributed by atoms with Crippen molar-refractivity contribution in [1.29, 1.82) is 0 Å². The molecule has 0 spiro atoms. The van der Waals surface area contributed by atoms with E-state index in [1.165, 1.54) is 96.5 Å². The predicted octanol–water partition coefficient (Wildman–Crippen LogP) is 42.5. The van der Waals surface area contributed by atoms with Crippen molar-refractivity contribution in [2.45, 2.75) is 328 Å². The van der Waals surface area contributed by atoms with Crippen LogP contribution < -0.4 is 10.4 Å². The van der Waals surface area contributed by atoms with Gasteiger partial charge in [-0.05, 0) is 92.9 Å². The Kier molecular flexibility index (Phi) is 95.3. The molecule has 8 heteroatoms. The molecule has 0 saturated carbocycles. The predicted molar refractivity (Wildman–Crippen MR) is 618 cm³/mol. The van der Waals surface area contributed by atoms with Crippen LogP contribution in [0.5, 0.6) is 0 Å². The molecule has 2 aliphatic rings. The van der Waals surface area contributed by atoms with Crippen molar-refractivity contribution in [2.75, 3.05) is 0 Å². The van der Waals surface area contributed by atoms with Crippen molar-refractivity contribution in [3.05, 3.63) is 291 Å². The molecule has 4 aromatic heterocycles. The Balaban J connectivity index is -0.000000178. The Morgan fingerprint density at radius 3 is 0.754 bits per heavy atom. The molecule has 13 aromatic carbocycles. The van der Waals surface area contributed by atoms with Crippen molar-refractivity contribution in [2.24, 2.45) is 14.1 Å². The second-order valence-electron chi connectivity index (χ2n) is 22.4. The van der Waals surface area contributed by atoms with Crippen molar-refractivity contribution in [3.8, 4) is 22.3 Å². The number of sulfone groups is 1. The standard InChI is InChI=1S/C15H11N.C14H14Si.C13H11N.C12H8O2S.C12H8O.C12H8S.22C2H6/c1-16-12-6-2-4-10-8-9-11-5-3-7-13(16)15(11)14(10)12;1-15(2)13-9-5-3-7-11(13)12-8-4-6-10-14(12)15;1-14-12-8-4-2-6-10(12)11-7-3-5-9-13(11)14;13-15(14)11-7-3-1-5-9(11)10-6-2-4-8-12(10)15;2*1-3-7-11-9(5-1)10-6-2-4-8-12(10)13-11;22*1-2/h2-9H,1H3;3-10H,1-2H3;2-9H,1H3;1-8H;2*1-8H;22*1-2H3. The molecule has 0 bridgehead atoms. The Morgan fingerprint density at radius 1 is 0.223 bits per heavy atom. The van der Waals surface area contributed by atoms with E-state index in [9.17, 15) is 8.42 Å². The van der Waals surface area contributed by atoms with Crippen LogP contribution in [0, 0.1) is 0 Å². The third kappa shape index (κ3) is 38.5. The summed E-state index contributed by atoms with van der Waals surface area (Å²) in [4.78, 5) is 0.845. The highest BCUT2D eigenvalue weighted by Gasteiger charge is 2.36. The van der Waals surface area contributed by atoms with Crippen molar-refractivity contribution in [1.82, 2.24) is 9.13 Å². The zero-order valence-electron chi connectivity index (χ0n) is 92.1. The Labute approximate surface area is 807 Å². The lowest BCUT2D eigenvalue weighted by molar-refractivity contribution is 0.598. The quantitative estimate of drug-likeness (QED) is 0.112. The van der Waals surface area contributed by atoms with Crippen LogP contribution in [-0.4, -0.2) is 25.6 Å². The lowest BCUT2D eigenvalue weighted by Crippen LogP contribution is -2.49. The molecule has 19 rings (SSSR count). The van der Waals surface area contributed by atoms with Gasteiger partial charge in [0, 0.05) is 99.8 Å². The van der Waals surface area contributed by atoms with Gasteiger partial charge in [-0.15, -0.1) is 11.3 Å². The summed E-state index contributed by atoms with van der Waals surface area (Å²) in [6.07, 6.45) is 0. The van der Waals surface area contributed by atoms with E-state index in [2.05, 4.69) is 243 Å². The summed E-state index contributed by atoms with van der Waals surface area (Å²) in [6.45, 7) is 92.9. The average Bonchev–Trinajstić information content (AvgIpc) is 1.60. The van der Waals surface area contributed by atoms with Gasteiger partial charge in [-0.2, -0.15) is 0 Å². The van der Waals surface area contributed by atoms with E-state index in [-0.39, 0.29) is 0 Å². The molecule has 0 N–H and O–H groups in total. The van der Waals surface area contributed by atoms with Crippen LogP contribution in [0.15, 0.2) is 305 Å². The number of furan rings is 1. The molecule has 0 aliphatic carbocycles. The van der Waals surface area contributed by atoms with Gasteiger partial charge >= 0.3 is 0 Å². The van der Waals surface area contributed by atoms with E-state index in [4.69, 9.17) is 4.42 Å². The first-order valence-electron chi connectivity index (χ1n) is 51.0. The van der Waals surface area contributed by atoms with Gasteiger partial charge in [-0.25, -0.2) is 8.42 Å². The molecule has 130 heavy (non-hydrogen) atoms. The van der Waals surface area contributed by atoms with Crippen LogP contribution in [-0.2, 0) is 23.9 Å². The fourth-order valence-corrected chi connectivity index (χ4v) is 18.8. The largest absolute Gasteiger partial charge is 0.456 e. The highest BCUT2D eigenvalue weighted by atomic mass is 32.2. The van der Waals surface area contributed by atoms with E-state index in [0.29, 0.717) is 9.79 Å². The summed E-state index contributed by atoms with van der Waals surface area (Å²) in [6, 6.07) is 99.8. The van der Waals surface area contributed by atoms with Gasteiger partial charge < -0.3 is 13.6 Å². The number of hydrogen-bond acceptors (Lipinski definition) is 4. The second-order valence-corrected chi connectivity index (χ2v) is 29.7. The van der Waals surface area contributed by atoms with Crippen molar-refractivity contribution < 1.29 is 12.8 Å². The minimum absolute atomic E-state index is 0.422. The summed E-state index contributed by atoms with van der Waals surface area (Å²) >= 11 is 1.86. The molecule has 0 unspecified atom stereocenters. The molecule has 724 valence electrons. The molecule has 2 aliphatic heterocycles. The summed E-state index contributed by atoms with van der Waals surface area (Å²) < 4.78 is 37.1. The molecule has 17 aromatic rings. The molecule has 0 atom stereocenters. The zero-order valence-corrected chi connectivity index (χ0v) is 94.8. The van der Waals surface area contributed by atoms with Gasteiger partial charge in [0.25, 0.3) is 0 Å². The van der Waals surface area contributed by atoms with Crippen LogP contribution in [0.1, 0.15) is 305 Å². The summed E-state index contributed by atoms with van der Waals surface area (Å²) in [5.74, 6) is 0. The van der Waals surface area contributed by atoms with Crippen LogP contribution in [0.2, 0.25) is 13.1 Å². The highest BCUT2D eigenvalue weighted by molar-refractivity contribution is 7.92. The molecular weight excluding hydrogens is 1630 g/mol. The molecule has 0 radical (unpaired) electrons. The first kappa shape index (κ1) is 138. The Bertz CT molecular complexity index is 5050. The number of aryl methyl sites for hydroxylation is 2. The maximum atomic E-state index is 12.1. The minimum atomic E-state index is -3.26. The average molecular weight is 1830 g/mol. The van der Waals surface area contributed by atoms with Crippen LogP contribution in [0.25, 0.3) is 119 Å². The SMILES string of the molecule is CC.CC.CC.CC.CC.CC.CC.CC.CC.CC.CC.CC.CC.CC.CC.CC.CC.CC.CC.CC.CC.CC.C[Si]1(C)c2ccccc2-c2ccccc21.Cn1c2cccc3ccc4cccc1c4c32.Cn1c2ccccc2c2ccccc21.O=S1(=O)c2ccccc2-c2ccccc21.c1ccc2c(c1)oc1ccccc12.c1ccc2c(c1)sc1ccccc12. The van der Waals surface area contributed by atoms with Gasteiger partial charge in [-0.1, -0.05) is 548 Å². The molecular formula is C122H192N2O3S2Si. The fraction of sp³-hybridized carbons (Fsp3) is 0.393. The maximum absolute atomic E-state index is 12.1. The Morgan fingerprint density at radius 2 is 0.446 bits per heavy atom. The number of hydrogen-bond donors (Lipinski definition) is 0. The van der Waals surface area contributed by atoms with E-state index in [1.807, 2.05) is 377 Å². The number of nitrogens with zero attached hydrogens (tertiary/aromatic N) is 2. The normalized spacial score (nSPS) is 9.57. The topological polar surface area (TPSA) is 57.1 Å². The number of rotatable bonds is 0. The molecule has 0 saturated heterocycles. The van der Waals surface area contributed by atoms with Crippen LogP contribution in [0.3, 0.4) is 0 Å².